The second kappa shape index (κ2) is 8.97. The summed E-state index contributed by atoms with van der Waals surface area (Å²) in [6, 6.07) is 8.23. The number of aromatic amines is 2. The van der Waals surface area contributed by atoms with Gasteiger partial charge in [-0.25, -0.2) is 9.59 Å². The van der Waals surface area contributed by atoms with Crippen molar-refractivity contribution in [2.24, 2.45) is 0 Å². The normalized spacial score (nSPS) is 13.2. The number of halogens is 1. The van der Waals surface area contributed by atoms with Crippen molar-refractivity contribution >= 4 is 46.3 Å². The second-order valence-electron chi connectivity index (χ2n) is 6.71. The number of carbonyl (C=O) groups is 2. The summed E-state index contributed by atoms with van der Waals surface area (Å²) in [6.45, 7) is 0.570. The van der Waals surface area contributed by atoms with Crippen molar-refractivity contribution in [1.29, 1.82) is 0 Å². The molecule has 0 radical (unpaired) electrons. The largest absolute Gasteiger partial charge is 0.489 e. The van der Waals surface area contributed by atoms with Crippen LogP contribution < -0.4 is 20.5 Å². The molecule has 0 unspecified atom stereocenters. The van der Waals surface area contributed by atoms with Gasteiger partial charge >= 0.3 is 11.7 Å². The summed E-state index contributed by atoms with van der Waals surface area (Å²) in [5.74, 6) is -0.211. The van der Waals surface area contributed by atoms with Crippen LogP contribution in [0.4, 0.5) is 5.69 Å². The lowest BCUT2D eigenvalue weighted by atomic mass is 10.2. The van der Waals surface area contributed by atoms with Crippen molar-refractivity contribution in [2.45, 2.75) is 6.42 Å². The fraction of sp³-hybridized carbons (Fsp3) is 0.190. The van der Waals surface area contributed by atoms with Gasteiger partial charge < -0.3 is 29.5 Å². The number of hydrogen-bond acceptors (Lipinski definition) is 6. The molecule has 10 heteroatoms. The Kier molecular flexibility index (Phi) is 5.94. The van der Waals surface area contributed by atoms with Gasteiger partial charge in [0.1, 0.15) is 0 Å². The molecule has 9 nitrogen and oxygen atoms in total. The fourth-order valence-electron chi connectivity index (χ4n) is 3.00. The topological polar surface area (TPSA) is 123 Å². The number of fused-ring (bicyclic) bond motifs is 2. The smallest absolute Gasteiger partial charge is 0.331 e. The zero-order valence-electron chi connectivity index (χ0n) is 16.2. The van der Waals surface area contributed by atoms with Gasteiger partial charge in [-0.1, -0.05) is 11.6 Å². The van der Waals surface area contributed by atoms with Crippen LogP contribution in [-0.4, -0.2) is 41.7 Å². The molecule has 3 N–H and O–H groups in total. The Bertz CT molecular complexity index is 1230. The summed E-state index contributed by atoms with van der Waals surface area (Å²) < 4.78 is 16.1. The molecule has 1 amide bonds. The lowest BCUT2D eigenvalue weighted by molar-refractivity contribution is -0.142. The molecule has 1 aliphatic rings. The predicted molar refractivity (Wildman–Crippen MR) is 115 cm³/mol. The summed E-state index contributed by atoms with van der Waals surface area (Å²) in [5, 5.41) is 2.98. The Hall–Kier alpha value is -3.72. The van der Waals surface area contributed by atoms with Crippen LogP contribution in [0.25, 0.3) is 17.1 Å². The molecule has 0 aliphatic carbocycles. The number of aromatic nitrogens is 2. The number of rotatable bonds is 5. The average molecular weight is 444 g/mol. The van der Waals surface area contributed by atoms with Gasteiger partial charge in [0, 0.05) is 18.2 Å². The van der Waals surface area contributed by atoms with Crippen LogP contribution in [0, 0.1) is 0 Å². The highest BCUT2D eigenvalue weighted by atomic mass is 35.5. The molecule has 0 atom stereocenters. The Morgan fingerprint density at radius 1 is 1.13 bits per heavy atom. The minimum absolute atomic E-state index is 0.339. The molecule has 0 saturated heterocycles. The summed E-state index contributed by atoms with van der Waals surface area (Å²) >= 11 is 6.22. The lowest BCUT2D eigenvalue weighted by Gasteiger charge is -2.10. The number of esters is 1. The van der Waals surface area contributed by atoms with Gasteiger partial charge in [-0.3, -0.25) is 4.79 Å². The molecule has 0 bridgehead atoms. The van der Waals surface area contributed by atoms with Crippen LogP contribution in [0.2, 0.25) is 5.02 Å². The molecule has 1 aliphatic heterocycles. The molecule has 1 aromatic heterocycles. The highest BCUT2D eigenvalue weighted by Crippen LogP contribution is 2.38. The van der Waals surface area contributed by atoms with E-state index in [-0.39, 0.29) is 5.69 Å². The average Bonchev–Trinajstić information content (AvgIpc) is 2.94. The molecular weight excluding hydrogens is 426 g/mol. The lowest BCUT2D eigenvalue weighted by Crippen LogP contribution is -2.20. The maximum absolute atomic E-state index is 12.0. The van der Waals surface area contributed by atoms with Crippen LogP contribution in [0.1, 0.15) is 12.0 Å². The number of carbonyl (C=O) groups excluding carboxylic acids is 2. The third kappa shape index (κ3) is 5.07. The van der Waals surface area contributed by atoms with E-state index < -0.39 is 18.5 Å². The number of ether oxygens (including phenoxy) is 3. The van der Waals surface area contributed by atoms with Crippen molar-refractivity contribution in [1.82, 2.24) is 9.97 Å². The van der Waals surface area contributed by atoms with E-state index in [4.69, 9.17) is 25.8 Å². The SMILES string of the molecule is O=C(COC(=O)/C=C/c1cc(Cl)c2c(c1)OCCCO2)Nc1ccc2[nH]c(=O)[nH]c2c1. The molecule has 4 rings (SSSR count). The van der Waals surface area contributed by atoms with Crippen molar-refractivity contribution in [3.05, 3.63) is 57.5 Å². The quantitative estimate of drug-likeness (QED) is 0.411. The first-order valence-corrected chi connectivity index (χ1v) is 9.81. The molecule has 0 fully saturated rings. The van der Waals surface area contributed by atoms with Crippen molar-refractivity contribution in [3.63, 3.8) is 0 Å². The second-order valence-corrected chi connectivity index (χ2v) is 7.12. The van der Waals surface area contributed by atoms with E-state index in [1.807, 2.05) is 0 Å². The zero-order valence-corrected chi connectivity index (χ0v) is 17.0. The summed E-state index contributed by atoms with van der Waals surface area (Å²) in [4.78, 5) is 40.5. The Balaban J connectivity index is 1.32. The van der Waals surface area contributed by atoms with Gasteiger partial charge in [0.25, 0.3) is 5.91 Å². The Morgan fingerprint density at radius 2 is 1.94 bits per heavy atom. The Labute approximate surface area is 181 Å². The van der Waals surface area contributed by atoms with Crippen LogP contribution in [0.15, 0.2) is 41.2 Å². The van der Waals surface area contributed by atoms with E-state index in [1.165, 1.54) is 12.2 Å². The van der Waals surface area contributed by atoms with E-state index in [1.54, 1.807) is 30.3 Å². The summed E-state index contributed by atoms with van der Waals surface area (Å²) in [5.41, 5.74) is 1.92. The first kappa shape index (κ1) is 20.5. The monoisotopic (exact) mass is 443 g/mol. The number of H-pyrrole nitrogens is 2. The predicted octanol–water partition coefficient (Wildman–Crippen LogP) is 2.87. The van der Waals surface area contributed by atoms with Gasteiger partial charge in [-0.15, -0.1) is 0 Å². The van der Waals surface area contributed by atoms with Crippen LogP contribution in [-0.2, 0) is 14.3 Å². The molecule has 3 aromatic rings. The number of nitrogens with one attached hydrogen (secondary N) is 3. The number of imidazole rings is 1. The van der Waals surface area contributed by atoms with Gasteiger partial charge in [0.2, 0.25) is 0 Å². The molecule has 2 heterocycles. The maximum Gasteiger partial charge on any atom is 0.331 e. The van der Waals surface area contributed by atoms with Crippen molar-refractivity contribution in [3.8, 4) is 11.5 Å². The van der Waals surface area contributed by atoms with Gasteiger partial charge in [0.15, 0.2) is 18.1 Å². The number of benzene rings is 2. The molecular formula is C21H18ClN3O6. The zero-order chi connectivity index (χ0) is 21.8. The van der Waals surface area contributed by atoms with Crippen LogP contribution in [0.3, 0.4) is 0 Å². The third-order valence-electron chi connectivity index (χ3n) is 4.38. The van der Waals surface area contributed by atoms with Gasteiger partial charge in [-0.05, 0) is 42.0 Å². The number of hydrogen-bond donors (Lipinski definition) is 3. The first-order chi connectivity index (χ1) is 15.0. The highest BCUT2D eigenvalue weighted by Gasteiger charge is 2.15. The Morgan fingerprint density at radius 3 is 2.81 bits per heavy atom. The molecule has 0 spiro atoms. The maximum atomic E-state index is 12.0. The first-order valence-electron chi connectivity index (χ1n) is 9.44. The van der Waals surface area contributed by atoms with Crippen LogP contribution >= 0.6 is 11.6 Å². The molecule has 2 aromatic carbocycles. The summed E-state index contributed by atoms with van der Waals surface area (Å²) in [6.07, 6.45) is 3.46. The molecule has 0 saturated carbocycles. The fourth-order valence-corrected chi connectivity index (χ4v) is 3.28. The minimum atomic E-state index is -0.691. The van der Waals surface area contributed by atoms with Crippen molar-refractivity contribution in [2.75, 3.05) is 25.1 Å². The van der Waals surface area contributed by atoms with E-state index >= 15 is 0 Å². The van der Waals surface area contributed by atoms with E-state index in [0.29, 0.717) is 52.0 Å². The standard InChI is InChI=1S/C21H18ClN3O6/c22-14-8-12(9-17-20(14)30-7-1-6-29-17)2-5-19(27)31-11-18(26)23-13-3-4-15-16(10-13)25-21(28)24-15/h2-5,8-10H,1,6-7,11H2,(H,23,26)(H2,24,25,28)/b5-2+. The number of anilines is 1. The molecule has 160 valence electrons. The van der Waals surface area contributed by atoms with E-state index in [2.05, 4.69) is 15.3 Å². The number of amides is 1. The minimum Gasteiger partial charge on any atom is -0.489 e. The van der Waals surface area contributed by atoms with E-state index in [0.717, 1.165) is 6.42 Å². The highest BCUT2D eigenvalue weighted by molar-refractivity contribution is 6.32. The van der Waals surface area contributed by atoms with E-state index in [9.17, 15) is 14.4 Å². The summed E-state index contributed by atoms with van der Waals surface area (Å²) in [7, 11) is 0. The van der Waals surface area contributed by atoms with Gasteiger partial charge in [-0.2, -0.15) is 0 Å². The van der Waals surface area contributed by atoms with Crippen LogP contribution in [0.5, 0.6) is 11.5 Å². The van der Waals surface area contributed by atoms with Gasteiger partial charge in [0.05, 0.1) is 29.3 Å². The van der Waals surface area contributed by atoms with Crippen molar-refractivity contribution < 1.29 is 23.8 Å². The molecule has 31 heavy (non-hydrogen) atoms. The third-order valence-corrected chi connectivity index (χ3v) is 4.66.